The summed E-state index contributed by atoms with van der Waals surface area (Å²) in [5, 5.41) is 4.81. The van der Waals surface area contributed by atoms with Gasteiger partial charge in [-0.2, -0.15) is 0 Å². The van der Waals surface area contributed by atoms with E-state index in [2.05, 4.69) is 15.6 Å². The molecule has 2 aromatic carbocycles. The highest BCUT2D eigenvalue weighted by molar-refractivity contribution is 5.86. The molecular formula is C25H23F3N4O3. The Bertz CT molecular complexity index is 1250. The van der Waals surface area contributed by atoms with Crippen LogP contribution >= 0.6 is 0 Å². The van der Waals surface area contributed by atoms with Crippen LogP contribution in [-0.4, -0.2) is 29.4 Å². The van der Waals surface area contributed by atoms with Crippen LogP contribution in [0.1, 0.15) is 29.7 Å². The molecule has 4 N–H and O–H groups in total. The number of urea groups is 1. The molecule has 1 fully saturated rings. The first-order valence-corrected chi connectivity index (χ1v) is 11.0. The summed E-state index contributed by atoms with van der Waals surface area (Å²) in [7, 11) is 0. The van der Waals surface area contributed by atoms with Crippen LogP contribution in [0.2, 0.25) is 0 Å². The van der Waals surface area contributed by atoms with Gasteiger partial charge in [0.15, 0.2) is 5.82 Å². The number of anilines is 1. The van der Waals surface area contributed by atoms with E-state index in [9.17, 15) is 18.4 Å². The average molecular weight is 484 g/mol. The molecule has 1 saturated carbocycles. The number of halogens is 3. The highest BCUT2D eigenvalue weighted by Crippen LogP contribution is 2.34. The average Bonchev–Trinajstić information content (AvgIpc) is 2.81. The van der Waals surface area contributed by atoms with Crippen LogP contribution < -0.4 is 16.4 Å². The predicted octanol–water partition coefficient (Wildman–Crippen LogP) is 4.83. The van der Waals surface area contributed by atoms with Gasteiger partial charge in [-0.3, -0.25) is 10.3 Å². The van der Waals surface area contributed by atoms with Gasteiger partial charge in [0, 0.05) is 36.6 Å². The molecule has 1 aromatic heterocycles. The molecular weight excluding hydrogens is 461 g/mol. The van der Waals surface area contributed by atoms with Gasteiger partial charge in [-0.05, 0) is 29.3 Å². The van der Waals surface area contributed by atoms with Gasteiger partial charge in [-0.1, -0.05) is 30.3 Å². The van der Waals surface area contributed by atoms with Crippen LogP contribution in [0.15, 0.2) is 54.7 Å². The maximum absolute atomic E-state index is 15.8. The van der Waals surface area contributed by atoms with Crippen LogP contribution in [-0.2, 0) is 17.7 Å². The minimum atomic E-state index is -1.01. The standard InChI is InChI=1S/C25H23F3N4O3/c26-15-11-16(12-15)35-25(34)32-21-8-7-17(18-5-3-9-30-22(18)13-31-24(29)33)19(23(21)28)10-14-4-1-2-6-20(14)27/h1-9,15-16H,10-13H2,(H,32,34)(H3,29,31,33). The molecule has 10 heteroatoms. The molecule has 3 amide bonds. The first-order chi connectivity index (χ1) is 16.8. The lowest BCUT2D eigenvalue weighted by molar-refractivity contribution is 0.00920. The number of ether oxygens (including phenoxy) is 1. The molecule has 4 rings (SSSR count). The first kappa shape index (κ1) is 24.1. The summed E-state index contributed by atoms with van der Waals surface area (Å²) in [6, 6.07) is 11.5. The van der Waals surface area contributed by atoms with Crippen molar-refractivity contribution in [1.29, 1.82) is 0 Å². The molecule has 1 aliphatic carbocycles. The number of nitrogens with two attached hydrogens (primary N) is 1. The van der Waals surface area contributed by atoms with E-state index in [0.717, 1.165) is 0 Å². The number of pyridine rings is 1. The molecule has 1 aliphatic rings. The molecule has 0 unspecified atom stereocenters. The van der Waals surface area contributed by atoms with E-state index in [1.807, 2.05) is 0 Å². The lowest BCUT2D eigenvalue weighted by Gasteiger charge is -2.29. The number of hydrogen-bond acceptors (Lipinski definition) is 4. The minimum Gasteiger partial charge on any atom is -0.446 e. The summed E-state index contributed by atoms with van der Waals surface area (Å²) in [4.78, 5) is 27.7. The largest absolute Gasteiger partial charge is 0.446 e. The predicted molar refractivity (Wildman–Crippen MR) is 123 cm³/mol. The third-order valence-electron chi connectivity index (χ3n) is 5.73. The maximum atomic E-state index is 15.8. The van der Waals surface area contributed by atoms with E-state index in [1.165, 1.54) is 30.5 Å². The molecule has 0 saturated heterocycles. The second-order valence-corrected chi connectivity index (χ2v) is 8.16. The number of hydrogen-bond donors (Lipinski definition) is 3. The monoisotopic (exact) mass is 484 g/mol. The Labute approximate surface area is 199 Å². The topological polar surface area (TPSA) is 106 Å². The highest BCUT2D eigenvalue weighted by atomic mass is 19.1. The van der Waals surface area contributed by atoms with E-state index in [0.29, 0.717) is 16.8 Å². The van der Waals surface area contributed by atoms with Gasteiger partial charge in [-0.15, -0.1) is 0 Å². The van der Waals surface area contributed by atoms with Gasteiger partial charge in [0.1, 0.15) is 18.1 Å². The normalized spacial score (nSPS) is 16.8. The van der Waals surface area contributed by atoms with Crippen molar-refractivity contribution in [2.75, 3.05) is 5.32 Å². The van der Waals surface area contributed by atoms with Crippen molar-refractivity contribution in [3.63, 3.8) is 0 Å². The molecule has 3 aromatic rings. The van der Waals surface area contributed by atoms with Gasteiger partial charge in [-0.25, -0.2) is 22.8 Å². The Morgan fingerprint density at radius 3 is 2.54 bits per heavy atom. The smallest absolute Gasteiger partial charge is 0.411 e. The number of aromatic nitrogens is 1. The third-order valence-corrected chi connectivity index (χ3v) is 5.73. The van der Waals surface area contributed by atoms with E-state index >= 15 is 4.39 Å². The fourth-order valence-electron chi connectivity index (χ4n) is 3.86. The van der Waals surface area contributed by atoms with Gasteiger partial charge >= 0.3 is 12.1 Å². The Morgan fingerprint density at radius 1 is 1.06 bits per heavy atom. The number of carbonyl (C=O) groups is 2. The van der Waals surface area contributed by atoms with Crippen molar-refractivity contribution < 1.29 is 27.5 Å². The van der Waals surface area contributed by atoms with Crippen molar-refractivity contribution in [1.82, 2.24) is 10.3 Å². The first-order valence-electron chi connectivity index (χ1n) is 11.0. The van der Waals surface area contributed by atoms with Crippen LogP contribution in [0.25, 0.3) is 11.1 Å². The Hall–Kier alpha value is -4.08. The molecule has 0 radical (unpaired) electrons. The van der Waals surface area contributed by atoms with E-state index < -0.39 is 36.0 Å². The summed E-state index contributed by atoms with van der Waals surface area (Å²) >= 11 is 0. The van der Waals surface area contributed by atoms with E-state index in [4.69, 9.17) is 10.5 Å². The van der Waals surface area contributed by atoms with Gasteiger partial charge in [0.25, 0.3) is 0 Å². The van der Waals surface area contributed by atoms with Crippen molar-refractivity contribution in [3.8, 4) is 11.1 Å². The SMILES string of the molecule is NC(=O)NCc1ncccc1-c1ccc(NC(=O)OC2CC(F)C2)c(F)c1Cc1ccccc1F. The number of amides is 3. The fourth-order valence-corrected chi connectivity index (χ4v) is 3.86. The van der Waals surface area contributed by atoms with Gasteiger partial charge in [0.05, 0.1) is 17.9 Å². The Kier molecular flexibility index (Phi) is 7.19. The minimum absolute atomic E-state index is 0.00442. The maximum Gasteiger partial charge on any atom is 0.411 e. The van der Waals surface area contributed by atoms with Crippen molar-refractivity contribution >= 4 is 17.8 Å². The van der Waals surface area contributed by atoms with Crippen LogP contribution in [0.4, 0.5) is 28.4 Å². The summed E-state index contributed by atoms with van der Waals surface area (Å²) in [5.74, 6) is -1.29. The molecule has 35 heavy (non-hydrogen) atoms. The molecule has 0 spiro atoms. The van der Waals surface area contributed by atoms with Crippen LogP contribution in [0, 0.1) is 11.6 Å². The van der Waals surface area contributed by atoms with Crippen molar-refractivity contribution in [3.05, 3.63) is 83.2 Å². The van der Waals surface area contributed by atoms with Gasteiger partial charge in [0.2, 0.25) is 0 Å². The number of rotatable bonds is 7. The van der Waals surface area contributed by atoms with Crippen molar-refractivity contribution in [2.24, 2.45) is 5.73 Å². The molecule has 182 valence electrons. The van der Waals surface area contributed by atoms with Crippen molar-refractivity contribution in [2.45, 2.75) is 38.1 Å². The quantitative estimate of drug-likeness (QED) is 0.446. The zero-order valence-corrected chi connectivity index (χ0v) is 18.6. The number of nitrogens with zero attached hydrogens (tertiary/aromatic N) is 1. The summed E-state index contributed by atoms with van der Waals surface area (Å²) in [6.07, 6.45) is -0.856. The van der Waals surface area contributed by atoms with E-state index in [1.54, 1.807) is 24.3 Å². The number of primary amides is 1. The molecule has 1 heterocycles. The second kappa shape index (κ2) is 10.5. The second-order valence-electron chi connectivity index (χ2n) is 8.16. The fraction of sp³-hybridized carbons (Fsp3) is 0.240. The third kappa shape index (κ3) is 5.71. The molecule has 0 bridgehead atoms. The molecule has 0 aliphatic heterocycles. The number of benzene rings is 2. The Balaban J connectivity index is 1.71. The lowest BCUT2D eigenvalue weighted by atomic mass is 9.92. The van der Waals surface area contributed by atoms with Gasteiger partial charge < -0.3 is 15.8 Å². The zero-order valence-electron chi connectivity index (χ0n) is 18.6. The highest BCUT2D eigenvalue weighted by Gasteiger charge is 2.32. The summed E-state index contributed by atoms with van der Waals surface area (Å²) in [6.45, 7) is -0.00442. The lowest BCUT2D eigenvalue weighted by Crippen LogP contribution is -2.35. The molecule has 0 atom stereocenters. The number of alkyl halides is 1. The summed E-state index contributed by atoms with van der Waals surface area (Å²) < 4.78 is 48.3. The number of nitrogens with one attached hydrogen (secondary N) is 2. The summed E-state index contributed by atoms with van der Waals surface area (Å²) in [5.41, 5.74) is 6.69. The Morgan fingerprint density at radius 2 is 1.83 bits per heavy atom. The number of carbonyl (C=O) groups excluding carboxylic acids is 2. The van der Waals surface area contributed by atoms with Crippen LogP contribution in [0.5, 0.6) is 0 Å². The van der Waals surface area contributed by atoms with E-state index in [-0.39, 0.29) is 42.6 Å². The molecule has 7 nitrogen and oxygen atoms in total. The van der Waals surface area contributed by atoms with Crippen LogP contribution in [0.3, 0.4) is 0 Å². The zero-order chi connectivity index (χ0) is 24.9.